The Hall–Kier alpha value is -3.16. The molecule has 1 N–H and O–H groups in total. The fourth-order valence-electron chi connectivity index (χ4n) is 10.1. The Kier molecular flexibility index (Phi) is 39.4. The number of carbonyl (C=O) groups excluding carboxylic acids is 2. The van der Waals surface area contributed by atoms with Crippen molar-refractivity contribution in [2.75, 3.05) is 72.9 Å². The molecule has 11 nitrogen and oxygen atoms in total. The molecule has 2 aliphatic heterocycles. The lowest BCUT2D eigenvalue weighted by molar-refractivity contribution is -0.256. The van der Waals surface area contributed by atoms with Gasteiger partial charge >= 0.3 is 5.97 Å². The van der Waals surface area contributed by atoms with Gasteiger partial charge in [0.2, 0.25) is 5.91 Å². The summed E-state index contributed by atoms with van der Waals surface area (Å²) in [5.41, 5.74) is 0.526. The Balaban J connectivity index is 1.27. The minimum atomic E-state index is -0.516. The second-order valence-corrected chi connectivity index (χ2v) is 21.9. The van der Waals surface area contributed by atoms with E-state index in [-0.39, 0.29) is 49.1 Å². The summed E-state index contributed by atoms with van der Waals surface area (Å²) >= 11 is 0. The molecule has 2 aliphatic rings. The van der Waals surface area contributed by atoms with Gasteiger partial charge in [0.1, 0.15) is 6.61 Å². The van der Waals surface area contributed by atoms with Crippen LogP contribution in [0.5, 0.6) is 0 Å². The van der Waals surface area contributed by atoms with E-state index in [4.69, 9.17) is 33.2 Å². The molecule has 434 valence electrons. The van der Waals surface area contributed by atoms with Crippen molar-refractivity contribution in [3.8, 4) is 0 Å². The number of benzene rings is 1. The van der Waals surface area contributed by atoms with E-state index in [1.807, 2.05) is 30.1 Å². The standard InChI is InChI=1S/C65H110N2O9/c1-7-9-11-13-15-17-19-21-23-25-27-29-31-33-35-40-44-65(45-41-36-34-32-30-28-26-24-22-20-18-16-14-12-10-8-2)74-54-60(76-65)52-67(6)53-62(68)66-46-47-70-48-49-71-50-51-72-64-58(5)56(3)57(4)61(75-64)55-73-63(69)59-42-38-37-39-43-59/h15-18,21-24,37-39,42-43,56-58,60-61,64H,7-14,19-20,25-36,40-41,44-55H2,1-6H3,(H,66,68)/b17-15-,18-16-,23-21-,24-22-/t56-,57+,58?,60-,61?,64+/m0/s1. The van der Waals surface area contributed by atoms with Crippen molar-refractivity contribution in [2.24, 2.45) is 17.8 Å². The van der Waals surface area contributed by atoms with Gasteiger partial charge in [-0.25, -0.2) is 4.79 Å². The van der Waals surface area contributed by atoms with E-state index in [1.54, 1.807) is 12.1 Å². The molecule has 2 fully saturated rings. The molecule has 0 aliphatic carbocycles. The zero-order valence-corrected chi connectivity index (χ0v) is 49.0. The molecule has 3 rings (SSSR count). The minimum absolute atomic E-state index is 0.0353. The number of ether oxygens (including phenoxy) is 7. The number of allylic oxidation sites excluding steroid dienone is 8. The summed E-state index contributed by atoms with van der Waals surface area (Å²) in [6, 6.07) is 9.01. The molecule has 6 atom stereocenters. The molecular weight excluding hydrogens is 953 g/mol. The fourth-order valence-corrected chi connectivity index (χ4v) is 10.1. The topological polar surface area (TPSA) is 114 Å². The molecule has 0 spiro atoms. The summed E-state index contributed by atoms with van der Waals surface area (Å²) < 4.78 is 42.9. The molecule has 76 heavy (non-hydrogen) atoms. The summed E-state index contributed by atoms with van der Waals surface area (Å²) in [6.45, 7) is 15.1. The third-order valence-electron chi connectivity index (χ3n) is 15.2. The normalized spacial score (nSPS) is 20.8. The van der Waals surface area contributed by atoms with Crippen LogP contribution in [0.2, 0.25) is 0 Å². The Morgan fingerprint density at radius 2 is 1.14 bits per heavy atom. The molecule has 0 saturated carbocycles. The van der Waals surface area contributed by atoms with E-state index in [0.29, 0.717) is 64.2 Å². The van der Waals surface area contributed by atoms with Gasteiger partial charge in [0.15, 0.2) is 12.1 Å². The number of hydrogen-bond acceptors (Lipinski definition) is 10. The predicted molar refractivity (Wildman–Crippen MR) is 312 cm³/mol. The van der Waals surface area contributed by atoms with Gasteiger partial charge in [-0.3, -0.25) is 9.69 Å². The van der Waals surface area contributed by atoms with Crippen LogP contribution in [0.4, 0.5) is 0 Å². The summed E-state index contributed by atoms with van der Waals surface area (Å²) in [7, 11) is 1.98. The first-order valence-corrected chi connectivity index (χ1v) is 30.7. The lowest BCUT2D eigenvalue weighted by atomic mass is 9.79. The van der Waals surface area contributed by atoms with Gasteiger partial charge in [-0.1, -0.05) is 178 Å². The van der Waals surface area contributed by atoms with Gasteiger partial charge in [-0.05, 0) is 108 Å². The maximum atomic E-state index is 12.9. The first-order valence-electron chi connectivity index (χ1n) is 30.7. The maximum Gasteiger partial charge on any atom is 0.338 e. The molecule has 1 aromatic rings. The van der Waals surface area contributed by atoms with Crippen LogP contribution in [-0.4, -0.2) is 114 Å². The van der Waals surface area contributed by atoms with Crippen molar-refractivity contribution in [1.29, 1.82) is 0 Å². The van der Waals surface area contributed by atoms with Crippen molar-refractivity contribution in [3.63, 3.8) is 0 Å². The average Bonchev–Trinajstić information content (AvgIpc) is 3.83. The van der Waals surface area contributed by atoms with Crippen LogP contribution in [0.1, 0.15) is 212 Å². The molecule has 1 aromatic carbocycles. The van der Waals surface area contributed by atoms with E-state index < -0.39 is 12.1 Å². The summed E-state index contributed by atoms with van der Waals surface area (Å²) in [4.78, 5) is 27.5. The molecule has 1 amide bonds. The highest BCUT2D eigenvalue weighted by molar-refractivity contribution is 5.89. The van der Waals surface area contributed by atoms with E-state index in [1.165, 1.54) is 128 Å². The van der Waals surface area contributed by atoms with Crippen LogP contribution in [0.3, 0.4) is 0 Å². The van der Waals surface area contributed by atoms with Gasteiger partial charge in [0.25, 0.3) is 0 Å². The quantitative estimate of drug-likeness (QED) is 0.0384. The largest absolute Gasteiger partial charge is 0.459 e. The highest BCUT2D eigenvalue weighted by Crippen LogP contribution is 2.37. The van der Waals surface area contributed by atoms with Crippen molar-refractivity contribution in [2.45, 2.75) is 226 Å². The number of carbonyl (C=O) groups is 2. The number of nitrogens with zero attached hydrogens (tertiary/aromatic N) is 1. The van der Waals surface area contributed by atoms with Crippen molar-refractivity contribution < 1.29 is 42.7 Å². The molecule has 2 saturated heterocycles. The van der Waals surface area contributed by atoms with Crippen LogP contribution in [0.25, 0.3) is 0 Å². The van der Waals surface area contributed by atoms with Crippen LogP contribution < -0.4 is 5.32 Å². The number of unbranched alkanes of at least 4 members (excludes halogenated alkanes) is 18. The minimum Gasteiger partial charge on any atom is -0.459 e. The third kappa shape index (κ3) is 32.0. The lowest BCUT2D eigenvalue weighted by Crippen LogP contribution is -2.48. The molecular formula is C65H110N2O9. The smallest absolute Gasteiger partial charge is 0.338 e. The number of nitrogens with one attached hydrogen (secondary N) is 1. The van der Waals surface area contributed by atoms with E-state index in [9.17, 15) is 9.59 Å². The second-order valence-electron chi connectivity index (χ2n) is 21.9. The number of rotatable bonds is 47. The first kappa shape index (κ1) is 67.1. The highest BCUT2D eigenvalue weighted by Gasteiger charge is 2.42. The van der Waals surface area contributed by atoms with Gasteiger partial charge in [-0.15, -0.1) is 0 Å². The van der Waals surface area contributed by atoms with Crippen molar-refractivity contribution in [3.05, 3.63) is 84.5 Å². The molecule has 0 radical (unpaired) electrons. The Morgan fingerprint density at radius 1 is 0.632 bits per heavy atom. The third-order valence-corrected chi connectivity index (χ3v) is 15.2. The van der Waals surface area contributed by atoms with E-state index >= 15 is 0 Å². The first-order chi connectivity index (χ1) is 37.2. The van der Waals surface area contributed by atoms with Gasteiger partial charge in [0.05, 0.1) is 64.0 Å². The van der Waals surface area contributed by atoms with Crippen LogP contribution in [0.15, 0.2) is 78.9 Å². The Labute approximate surface area is 464 Å². The van der Waals surface area contributed by atoms with Gasteiger partial charge in [0, 0.05) is 31.8 Å². The zero-order chi connectivity index (χ0) is 54.6. The van der Waals surface area contributed by atoms with E-state index in [0.717, 1.165) is 38.5 Å². The Morgan fingerprint density at radius 3 is 1.71 bits per heavy atom. The molecule has 0 bridgehead atoms. The fraction of sp³-hybridized carbons (Fsp3) is 0.754. The number of likely N-dealkylation sites (N-methyl/N-ethyl adjacent to an activating group) is 1. The summed E-state index contributed by atoms with van der Waals surface area (Å²) in [5.74, 6) is -0.185. The predicted octanol–water partition coefficient (Wildman–Crippen LogP) is 15.1. The summed E-state index contributed by atoms with van der Waals surface area (Å²) in [6.07, 6.45) is 49.5. The summed E-state index contributed by atoms with van der Waals surface area (Å²) in [5, 5.41) is 2.99. The van der Waals surface area contributed by atoms with Crippen LogP contribution >= 0.6 is 0 Å². The van der Waals surface area contributed by atoms with Crippen molar-refractivity contribution in [1.82, 2.24) is 10.2 Å². The van der Waals surface area contributed by atoms with Crippen molar-refractivity contribution >= 4 is 11.9 Å². The number of amides is 1. The van der Waals surface area contributed by atoms with Crippen LogP contribution in [-0.2, 0) is 38.0 Å². The molecule has 2 heterocycles. The monoisotopic (exact) mass is 1060 g/mol. The molecule has 0 aromatic heterocycles. The molecule has 11 heteroatoms. The van der Waals surface area contributed by atoms with Gasteiger partial charge in [-0.2, -0.15) is 0 Å². The zero-order valence-electron chi connectivity index (χ0n) is 49.0. The lowest BCUT2D eigenvalue weighted by Gasteiger charge is -2.43. The number of esters is 1. The van der Waals surface area contributed by atoms with Gasteiger partial charge < -0.3 is 38.5 Å². The Bertz CT molecular complexity index is 1640. The van der Waals surface area contributed by atoms with Crippen LogP contribution in [0, 0.1) is 17.8 Å². The molecule has 2 unspecified atom stereocenters. The highest BCUT2D eigenvalue weighted by atomic mass is 16.7. The van der Waals surface area contributed by atoms with E-state index in [2.05, 4.69) is 88.5 Å². The SMILES string of the molecule is CCCCC/C=C\C/C=C\CCCCCCCCC1(CCCCCCCC/C=C\C/C=C\CCCCC)OC[C@H](CN(C)CC(=O)NCCOCCOCCO[C@@H]2OC(COC(=O)c3ccccc3)[C@H](C)[C@H](C)C2C)O1. The average molecular weight is 1060 g/mol. The number of hydrogen-bond donors (Lipinski definition) is 1. The second kappa shape index (κ2) is 44.7. The maximum absolute atomic E-state index is 12.9.